The summed E-state index contributed by atoms with van der Waals surface area (Å²) >= 11 is 1.39. The molecule has 1 saturated carbocycles. The number of aromatic nitrogens is 2. The van der Waals surface area contributed by atoms with Gasteiger partial charge >= 0.3 is 0 Å². The Hall–Kier alpha value is -1.51. The van der Waals surface area contributed by atoms with Crippen molar-refractivity contribution in [1.82, 2.24) is 13.7 Å². The lowest BCUT2D eigenvalue weighted by Gasteiger charge is -2.25. The average Bonchev–Trinajstić information content (AvgIpc) is 3.39. The zero-order valence-corrected chi connectivity index (χ0v) is 15.7. The van der Waals surface area contributed by atoms with E-state index in [0.29, 0.717) is 30.4 Å². The normalized spacial score (nSPS) is 19.0. The summed E-state index contributed by atoms with van der Waals surface area (Å²) in [5.41, 5.74) is 1.03. The summed E-state index contributed by atoms with van der Waals surface area (Å²) in [5.74, 6) is 1.52. The molecule has 2 fully saturated rings. The number of nitrogens with one attached hydrogen (secondary N) is 1. The molecule has 2 heterocycles. The Kier molecular flexibility index (Phi) is 4.75. The number of hydrogen-bond donors (Lipinski definition) is 1. The van der Waals surface area contributed by atoms with Gasteiger partial charge in [-0.1, -0.05) is 18.6 Å². The lowest BCUT2D eigenvalue weighted by molar-refractivity contribution is 0.346. The number of rotatable bonds is 6. The van der Waals surface area contributed by atoms with E-state index in [1.807, 2.05) is 12.1 Å². The highest BCUT2D eigenvalue weighted by Crippen LogP contribution is 2.39. The summed E-state index contributed by atoms with van der Waals surface area (Å²) in [4.78, 5) is 4.88. The molecular formula is C17H22N4O2S2. The second-order valence-electron chi connectivity index (χ2n) is 6.69. The van der Waals surface area contributed by atoms with Crippen LogP contribution in [0.3, 0.4) is 0 Å². The number of benzene rings is 1. The van der Waals surface area contributed by atoms with Crippen molar-refractivity contribution in [1.29, 1.82) is 0 Å². The molecule has 1 aliphatic carbocycles. The van der Waals surface area contributed by atoms with E-state index >= 15 is 0 Å². The van der Waals surface area contributed by atoms with Gasteiger partial charge in [-0.25, -0.2) is 13.4 Å². The Bertz CT molecular complexity index is 823. The van der Waals surface area contributed by atoms with Crippen LogP contribution in [0.1, 0.15) is 49.4 Å². The second kappa shape index (κ2) is 7.01. The van der Waals surface area contributed by atoms with Crippen molar-refractivity contribution in [3.63, 3.8) is 0 Å². The molecular weight excluding hydrogens is 356 g/mol. The molecule has 2 aliphatic rings. The molecule has 6 nitrogen and oxygen atoms in total. The average molecular weight is 379 g/mol. The molecule has 1 aliphatic heterocycles. The SMILES string of the molecule is O=S(=O)(c1ccc(CNc2nc(C3CC3)ns2)cc1)N1CCCCC1. The number of nitrogens with zero attached hydrogens (tertiary/aromatic N) is 3. The van der Waals surface area contributed by atoms with Gasteiger partial charge in [0, 0.05) is 37.1 Å². The van der Waals surface area contributed by atoms with Gasteiger partial charge in [0.05, 0.1) is 4.90 Å². The maximum absolute atomic E-state index is 12.6. The van der Waals surface area contributed by atoms with E-state index in [4.69, 9.17) is 0 Å². The van der Waals surface area contributed by atoms with Crippen LogP contribution >= 0.6 is 11.5 Å². The first-order chi connectivity index (χ1) is 12.1. The molecule has 0 amide bonds. The largest absolute Gasteiger partial charge is 0.356 e. The first-order valence-corrected chi connectivity index (χ1v) is 11.0. The van der Waals surface area contributed by atoms with Crippen molar-refractivity contribution in [2.45, 2.75) is 49.5 Å². The Morgan fingerprint density at radius 2 is 1.84 bits per heavy atom. The van der Waals surface area contributed by atoms with Gasteiger partial charge in [0.1, 0.15) is 5.82 Å². The highest BCUT2D eigenvalue weighted by molar-refractivity contribution is 7.89. The monoisotopic (exact) mass is 378 g/mol. The van der Waals surface area contributed by atoms with E-state index in [-0.39, 0.29) is 0 Å². The third-order valence-corrected chi connectivity index (χ3v) is 7.30. The number of hydrogen-bond acceptors (Lipinski definition) is 6. The van der Waals surface area contributed by atoms with Crippen LogP contribution in [0.5, 0.6) is 0 Å². The zero-order chi connectivity index (χ0) is 17.3. The third kappa shape index (κ3) is 3.86. The molecule has 0 spiro atoms. The van der Waals surface area contributed by atoms with E-state index < -0.39 is 10.0 Å². The van der Waals surface area contributed by atoms with Gasteiger partial charge in [-0.05, 0) is 43.4 Å². The van der Waals surface area contributed by atoms with Crippen molar-refractivity contribution in [2.24, 2.45) is 0 Å². The molecule has 8 heteroatoms. The summed E-state index contributed by atoms with van der Waals surface area (Å²) in [6.45, 7) is 1.88. The third-order valence-electron chi connectivity index (χ3n) is 4.70. The molecule has 1 saturated heterocycles. The van der Waals surface area contributed by atoms with Crippen LogP contribution in [0.15, 0.2) is 29.2 Å². The maximum Gasteiger partial charge on any atom is 0.243 e. The van der Waals surface area contributed by atoms with Crippen LogP contribution in [-0.4, -0.2) is 35.2 Å². The minimum absolute atomic E-state index is 0.380. The van der Waals surface area contributed by atoms with Gasteiger partial charge in [0.2, 0.25) is 15.2 Å². The van der Waals surface area contributed by atoms with Crippen molar-refractivity contribution in [2.75, 3.05) is 18.4 Å². The highest BCUT2D eigenvalue weighted by atomic mass is 32.2. The molecule has 4 rings (SSSR count). The van der Waals surface area contributed by atoms with E-state index in [0.717, 1.165) is 35.8 Å². The summed E-state index contributed by atoms with van der Waals surface area (Å²) in [6, 6.07) is 7.15. The first kappa shape index (κ1) is 16.9. The number of sulfonamides is 1. The summed E-state index contributed by atoms with van der Waals surface area (Å²) in [5, 5.41) is 4.10. The van der Waals surface area contributed by atoms with Gasteiger partial charge in [-0.2, -0.15) is 8.68 Å². The summed E-state index contributed by atoms with van der Waals surface area (Å²) < 4.78 is 31.3. The van der Waals surface area contributed by atoms with Crippen LogP contribution in [0.2, 0.25) is 0 Å². The van der Waals surface area contributed by atoms with Gasteiger partial charge in [0.15, 0.2) is 0 Å². The molecule has 2 aromatic rings. The topological polar surface area (TPSA) is 75.2 Å². The Labute approximate surface area is 152 Å². The fraction of sp³-hybridized carbons (Fsp3) is 0.529. The smallest absolute Gasteiger partial charge is 0.243 e. The van der Waals surface area contributed by atoms with Crippen LogP contribution in [-0.2, 0) is 16.6 Å². The predicted octanol–water partition coefficient (Wildman–Crippen LogP) is 3.20. The fourth-order valence-corrected chi connectivity index (χ4v) is 5.18. The standard InChI is InChI=1S/C17H22N4O2S2/c22-25(23,21-10-2-1-3-11-21)15-8-4-13(5-9-15)12-18-17-19-16(20-24-17)14-6-7-14/h4-5,8-9,14H,1-3,6-7,10-12H2,(H,18,19,20). The molecule has 1 aromatic carbocycles. The molecule has 0 bridgehead atoms. The Morgan fingerprint density at radius 1 is 1.12 bits per heavy atom. The molecule has 1 aromatic heterocycles. The number of piperidine rings is 1. The van der Waals surface area contributed by atoms with Crippen molar-refractivity contribution >= 4 is 26.7 Å². The van der Waals surface area contributed by atoms with Gasteiger partial charge in [0.25, 0.3) is 0 Å². The van der Waals surface area contributed by atoms with Crippen molar-refractivity contribution in [3.05, 3.63) is 35.7 Å². The van der Waals surface area contributed by atoms with Gasteiger partial charge in [-0.3, -0.25) is 0 Å². The predicted molar refractivity (Wildman–Crippen MR) is 98.3 cm³/mol. The summed E-state index contributed by atoms with van der Waals surface area (Å²) in [7, 11) is -3.35. The first-order valence-electron chi connectivity index (χ1n) is 8.79. The molecule has 1 N–H and O–H groups in total. The van der Waals surface area contributed by atoms with Crippen molar-refractivity contribution in [3.8, 4) is 0 Å². The van der Waals surface area contributed by atoms with Gasteiger partial charge in [-0.15, -0.1) is 0 Å². The fourth-order valence-electron chi connectivity index (χ4n) is 3.03. The zero-order valence-electron chi connectivity index (χ0n) is 14.0. The van der Waals surface area contributed by atoms with Crippen LogP contribution in [0.4, 0.5) is 5.13 Å². The minimum Gasteiger partial charge on any atom is -0.356 e. The Morgan fingerprint density at radius 3 is 2.52 bits per heavy atom. The minimum atomic E-state index is -3.35. The number of anilines is 1. The molecule has 0 atom stereocenters. The lowest BCUT2D eigenvalue weighted by Crippen LogP contribution is -2.35. The van der Waals surface area contributed by atoms with E-state index in [1.54, 1.807) is 16.4 Å². The van der Waals surface area contributed by atoms with Crippen LogP contribution < -0.4 is 5.32 Å². The molecule has 0 unspecified atom stereocenters. The Balaban J connectivity index is 1.39. The molecule has 0 radical (unpaired) electrons. The van der Waals surface area contributed by atoms with E-state index in [1.165, 1.54) is 24.4 Å². The van der Waals surface area contributed by atoms with Gasteiger partial charge < -0.3 is 5.32 Å². The molecule has 134 valence electrons. The highest BCUT2D eigenvalue weighted by Gasteiger charge is 2.28. The van der Waals surface area contributed by atoms with E-state index in [9.17, 15) is 8.42 Å². The van der Waals surface area contributed by atoms with Crippen LogP contribution in [0, 0.1) is 0 Å². The lowest BCUT2D eigenvalue weighted by atomic mass is 10.2. The molecule has 25 heavy (non-hydrogen) atoms. The summed E-state index contributed by atoms with van der Waals surface area (Å²) in [6.07, 6.45) is 5.41. The van der Waals surface area contributed by atoms with Crippen LogP contribution in [0.25, 0.3) is 0 Å². The van der Waals surface area contributed by atoms with Crippen molar-refractivity contribution < 1.29 is 8.42 Å². The maximum atomic E-state index is 12.6. The van der Waals surface area contributed by atoms with E-state index in [2.05, 4.69) is 14.7 Å². The second-order valence-corrected chi connectivity index (χ2v) is 9.38. The quantitative estimate of drug-likeness (QED) is 0.835.